The molecule has 2 heterocycles. The number of nitrogens with two attached hydrogens (primary N) is 1. The predicted octanol–water partition coefficient (Wildman–Crippen LogP) is 1.62. The molecule has 0 aliphatic heterocycles. The molecule has 3 N–H and O–H groups in total. The van der Waals surface area contributed by atoms with Crippen LogP contribution in [0, 0.1) is 5.82 Å². The molecule has 0 radical (unpaired) electrons. The van der Waals surface area contributed by atoms with Gasteiger partial charge in [-0.1, -0.05) is 6.07 Å². The summed E-state index contributed by atoms with van der Waals surface area (Å²) in [6.45, 7) is 0.232. The van der Waals surface area contributed by atoms with Crippen molar-refractivity contribution in [2.75, 3.05) is 0 Å². The summed E-state index contributed by atoms with van der Waals surface area (Å²) in [4.78, 5) is 7.05. The lowest BCUT2D eigenvalue weighted by Gasteiger charge is -1.99. The van der Waals surface area contributed by atoms with Crippen LogP contribution in [-0.2, 0) is 6.54 Å². The Morgan fingerprint density at radius 1 is 1.28 bits per heavy atom. The average Bonchev–Trinajstić information content (AvgIpc) is 2.84. The first kappa shape index (κ1) is 10.8. The Hall–Kier alpha value is -2.34. The van der Waals surface area contributed by atoms with E-state index in [-0.39, 0.29) is 12.4 Å². The van der Waals surface area contributed by atoms with Gasteiger partial charge >= 0.3 is 0 Å². The van der Waals surface area contributed by atoms with Gasteiger partial charge in [0.15, 0.2) is 5.82 Å². The standard InChI is InChI=1S/C12H10FN5/c13-8-2-1-3-9-12(8)7(5-15-9)10-6-16-11(4-14)18-17-10/h1-3,5-6,15H,4,14H2. The number of aromatic nitrogens is 4. The third-order valence-electron chi connectivity index (χ3n) is 2.72. The lowest BCUT2D eigenvalue weighted by Crippen LogP contribution is -2.04. The molecular weight excluding hydrogens is 233 g/mol. The molecule has 6 heteroatoms. The Morgan fingerprint density at radius 3 is 2.89 bits per heavy atom. The van der Waals surface area contributed by atoms with Crippen molar-refractivity contribution in [3.05, 3.63) is 42.2 Å². The van der Waals surface area contributed by atoms with Crippen molar-refractivity contribution in [1.29, 1.82) is 0 Å². The molecule has 0 aliphatic rings. The number of hydrogen-bond acceptors (Lipinski definition) is 4. The number of H-pyrrole nitrogens is 1. The van der Waals surface area contributed by atoms with E-state index in [4.69, 9.17) is 5.73 Å². The van der Waals surface area contributed by atoms with Gasteiger partial charge in [-0.15, -0.1) is 10.2 Å². The summed E-state index contributed by atoms with van der Waals surface area (Å²) in [5.41, 5.74) is 7.28. The maximum atomic E-state index is 13.8. The number of halogens is 1. The molecule has 0 spiro atoms. The molecule has 0 aliphatic carbocycles. The van der Waals surface area contributed by atoms with E-state index in [0.29, 0.717) is 22.5 Å². The van der Waals surface area contributed by atoms with Crippen molar-refractivity contribution < 1.29 is 4.39 Å². The van der Waals surface area contributed by atoms with E-state index in [1.165, 1.54) is 6.07 Å². The monoisotopic (exact) mass is 243 g/mol. The van der Waals surface area contributed by atoms with Crippen molar-refractivity contribution in [2.24, 2.45) is 5.73 Å². The Kier molecular flexibility index (Phi) is 2.49. The smallest absolute Gasteiger partial charge is 0.164 e. The topological polar surface area (TPSA) is 80.5 Å². The van der Waals surface area contributed by atoms with Crippen LogP contribution in [0.3, 0.4) is 0 Å². The van der Waals surface area contributed by atoms with Gasteiger partial charge in [0.05, 0.1) is 12.7 Å². The fourth-order valence-corrected chi connectivity index (χ4v) is 1.86. The molecule has 18 heavy (non-hydrogen) atoms. The highest BCUT2D eigenvalue weighted by molar-refractivity contribution is 5.94. The lowest BCUT2D eigenvalue weighted by molar-refractivity contribution is 0.640. The Labute approximate surface area is 102 Å². The fourth-order valence-electron chi connectivity index (χ4n) is 1.86. The predicted molar refractivity (Wildman–Crippen MR) is 65.0 cm³/mol. The fraction of sp³-hybridized carbons (Fsp3) is 0.0833. The zero-order valence-electron chi connectivity index (χ0n) is 9.39. The second-order valence-electron chi connectivity index (χ2n) is 3.83. The molecule has 0 bridgehead atoms. The van der Waals surface area contributed by atoms with Crippen LogP contribution >= 0.6 is 0 Å². The molecule has 0 fully saturated rings. The summed E-state index contributed by atoms with van der Waals surface area (Å²) < 4.78 is 13.8. The van der Waals surface area contributed by atoms with Crippen molar-refractivity contribution in [3.8, 4) is 11.3 Å². The third kappa shape index (κ3) is 1.63. The minimum Gasteiger partial charge on any atom is -0.360 e. The number of benzene rings is 1. The Bertz CT molecular complexity index is 689. The van der Waals surface area contributed by atoms with Crippen LogP contribution in [-0.4, -0.2) is 20.2 Å². The van der Waals surface area contributed by atoms with Gasteiger partial charge in [-0.25, -0.2) is 9.37 Å². The molecule has 3 rings (SSSR count). The van der Waals surface area contributed by atoms with Crippen molar-refractivity contribution in [3.63, 3.8) is 0 Å². The third-order valence-corrected chi connectivity index (χ3v) is 2.72. The molecule has 3 aromatic rings. The summed E-state index contributed by atoms with van der Waals surface area (Å²) in [6, 6.07) is 4.87. The van der Waals surface area contributed by atoms with Gasteiger partial charge in [0, 0.05) is 22.7 Å². The van der Waals surface area contributed by atoms with E-state index in [2.05, 4.69) is 20.2 Å². The lowest BCUT2D eigenvalue weighted by atomic mass is 10.1. The number of nitrogens with zero attached hydrogens (tertiary/aromatic N) is 3. The summed E-state index contributed by atoms with van der Waals surface area (Å²) >= 11 is 0. The van der Waals surface area contributed by atoms with Crippen molar-refractivity contribution in [2.45, 2.75) is 6.54 Å². The minimum absolute atomic E-state index is 0.232. The molecule has 0 unspecified atom stereocenters. The van der Waals surface area contributed by atoms with Crippen LogP contribution in [0.15, 0.2) is 30.6 Å². The number of hydrogen-bond donors (Lipinski definition) is 2. The van der Waals surface area contributed by atoms with Crippen LogP contribution in [0.4, 0.5) is 4.39 Å². The Balaban J connectivity index is 2.18. The van der Waals surface area contributed by atoms with Gasteiger partial charge in [-0.05, 0) is 12.1 Å². The number of nitrogens with one attached hydrogen (secondary N) is 1. The highest BCUT2D eigenvalue weighted by Crippen LogP contribution is 2.28. The molecule has 5 nitrogen and oxygen atoms in total. The normalized spacial score (nSPS) is 11.0. The molecular formula is C12H10FN5. The van der Waals surface area contributed by atoms with E-state index >= 15 is 0 Å². The zero-order chi connectivity index (χ0) is 12.5. The van der Waals surface area contributed by atoms with Crippen LogP contribution < -0.4 is 5.73 Å². The van der Waals surface area contributed by atoms with Gasteiger partial charge in [-0.2, -0.15) is 0 Å². The molecule has 1 aromatic carbocycles. The Morgan fingerprint density at radius 2 is 2.17 bits per heavy atom. The van der Waals surface area contributed by atoms with Crippen LogP contribution in [0.5, 0.6) is 0 Å². The van der Waals surface area contributed by atoms with Crippen molar-refractivity contribution in [1.82, 2.24) is 20.2 Å². The zero-order valence-corrected chi connectivity index (χ0v) is 9.39. The largest absolute Gasteiger partial charge is 0.360 e. The molecule has 0 saturated heterocycles. The minimum atomic E-state index is -0.298. The van der Waals surface area contributed by atoms with E-state index in [9.17, 15) is 4.39 Å². The van der Waals surface area contributed by atoms with Crippen molar-refractivity contribution >= 4 is 10.9 Å². The van der Waals surface area contributed by atoms with Crippen LogP contribution in [0.25, 0.3) is 22.2 Å². The number of aromatic amines is 1. The molecule has 2 aromatic heterocycles. The summed E-state index contributed by atoms with van der Waals surface area (Å²) in [5, 5.41) is 8.37. The highest BCUT2D eigenvalue weighted by Gasteiger charge is 2.12. The number of rotatable bonds is 2. The van der Waals surface area contributed by atoms with Crippen LogP contribution in [0.1, 0.15) is 5.82 Å². The van der Waals surface area contributed by atoms with Gasteiger partial charge in [0.1, 0.15) is 11.5 Å². The summed E-state index contributed by atoms with van der Waals surface area (Å²) in [5.74, 6) is 0.160. The van der Waals surface area contributed by atoms with E-state index in [1.807, 2.05) is 0 Å². The van der Waals surface area contributed by atoms with Gasteiger partial charge in [0.25, 0.3) is 0 Å². The summed E-state index contributed by atoms with van der Waals surface area (Å²) in [7, 11) is 0. The van der Waals surface area contributed by atoms with E-state index < -0.39 is 0 Å². The second kappa shape index (κ2) is 4.15. The first-order valence-corrected chi connectivity index (χ1v) is 5.44. The highest BCUT2D eigenvalue weighted by atomic mass is 19.1. The first-order valence-electron chi connectivity index (χ1n) is 5.44. The first-order chi connectivity index (χ1) is 8.79. The molecule has 0 amide bonds. The maximum Gasteiger partial charge on any atom is 0.164 e. The van der Waals surface area contributed by atoms with Gasteiger partial charge in [0.2, 0.25) is 0 Å². The summed E-state index contributed by atoms with van der Waals surface area (Å²) in [6.07, 6.45) is 3.24. The average molecular weight is 243 g/mol. The van der Waals surface area contributed by atoms with E-state index in [0.717, 1.165) is 5.52 Å². The quantitative estimate of drug-likeness (QED) is 0.716. The van der Waals surface area contributed by atoms with E-state index in [1.54, 1.807) is 24.5 Å². The second-order valence-corrected chi connectivity index (χ2v) is 3.83. The number of fused-ring (bicyclic) bond motifs is 1. The molecule has 90 valence electrons. The van der Waals surface area contributed by atoms with Gasteiger partial charge in [-0.3, -0.25) is 0 Å². The molecule has 0 saturated carbocycles. The maximum absolute atomic E-state index is 13.8. The van der Waals surface area contributed by atoms with Gasteiger partial charge < -0.3 is 10.7 Å². The SMILES string of the molecule is NCc1ncc(-c2c[nH]c3cccc(F)c23)nn1. The molecule has 0 atom stereocenters. The van der Waals surface area contributed by atoms with Crippen LogP contribution in [0.2, 0.25) is 0 Å².